The molecule has 3 atom stereocenters. The number of nitrogens with zero attached hydrogens (tertiary/aromatic N) is 3. The summed E-state index contributed by atoms with van der Waals surface area (Å²) in [5.74, 6) is -0.517. The highest BCUT2D eigenvalue weighted by Crippen LogP contribution is 2.63. The summed E-state index contributed by atoms with van der Waals surface area (Å²) in [6, 6.07) is 0. The van der Waals surface area contributed by atoms with Crippen LogP contribution >= 0.6 is 15.9 Å². The van der Waals surface area contributed by atoms with Crippen molar-refractivity contribution in [2.75, 3.05) is 0 Å². The van der Waals surface area contributed by atoms with Gasteiger partial charge in [-0.2, -0.15) is 5.10 Å². The van der Waals surface area contributed by atoms with Crippen molar-refractivity contribution in [3.8, 4) is 0 Å². The first-order chi connectivity index (χ1) is 11.3. The first-order valence-electron chi connectivity index (χ1n) is 8.78. The number of aliphatic imine (C=N–C) groups is 1. The van der Waals surface area contributed by atoms with E-state index in [4.69, 9.17) is 4.74 Å². The van der Waals surface area contributed by atoms with Crippen molar-refractivity contribution in [2.45, 2.75) is 73.4 Å². The molecule has 140 valence electrons. The summed E-state index contributed by atoms with van der Waals surface area (Å²) in [6.45, 7) is 17.9. The number of carbonyl (C=O) groups is 1. The molecule has 7 heteroatoms. The molecule has 1 saturated heterocycles. The molecule has 0 aliphatic carbocycles. The third kappa shape index (κ3) is 2.27. The third-order valence-corrected chi connectivity index (χ3v) is 8.35. The van der Waals surface area contributed by atoms with Gasteiger partial charge in [0.25, 0.3) is 0 Å². The van der Waals surface area contributed by atoms with Crippen LogP contribution < -0.4 is 5.32 Å². The molecule has 1 fully saturated rings. The van der Waals surface area contributed by atoms with Gasteiger partial charge in [-0.15, -0.1) is 0 Å². The van der Waals surface area contributed by atoms with Crippen LogP contribution in [0.3, 0.4) is 0 Å². The van der Waals surface area contributed by atoms with Gasteiger partial charge in [0.15, 0.2) is 12.4 Å². The second-order valence-corrected chi connectivity index (χ2v) is 10.2. The fourth-order valence-corrected chi connectivity index (χ4v) is 4.82. The van der Waals surface area contributed by atoms with Crippen LogP contribution in [0.2, 0.25) is 0 Å². The summed E-state index contributed by atoms with van der Waals surface area (Å²) in [5.41, 5.74) is -0.695. The van der Waals surface area contributed by atoms with Gasteiger partial charge in [0, 0.05) is 5.41 Å². The molecule has 0 bridgehead atoms. The van der Waals surface area contributed by atoms with E-state index in [0.717, 1.165) is 0 Å². The second-order valence-electron chi connectivity index (χ2n) is 9.43. The Morgan fingerprint density at radius 2 is 1.72 bits per heavy atom. The molecule has 0 radical (unpaired) electrons. The van der Waals surface area contributed by atoms with Crippen molar-refractivity contribution >= 4 is 32.8 Å². The molecule has 0 aromatic carbocycles. The molecule has 0 aromatic rings. The average molecular weight is 413 g/mol. The molecular formula is C18H29BrN4O2. The van der Waals surface area contributed by atoms with Crippen LogP contribution in [0, 0.1) is 22.2 Å². The van der Waals surface area contributed by atoms with E-state index in [2.05, 4.69) is 86.7 Å². The molecular weight excluding hydrogens is 384 g/mol. The predicted molar refractivity (Wildman–Crippen MR) is 102 cm³/mol. The maximum atomic E-state index is 12.3. The molecule has 3 aliphatic rings. The number of carbonyl (C=O) groups excluding carboxylic acids is 1. The van der Waals surface area contributed by atoms with Crippen LogP contribution in [0.5, 0.6) is 0 Å². The first-order valence-corrected chi connectivity index (χ1v) is 9.57. The Morgan fingerprint density at radius 3 is 2.32 bits per heavy atom. The molecule has 3 rings (SSSR count). The number of rotatable bonds is 1. The number of hydrogen-bond donors (Lipinski definition) is 1. The lowest BCUT2D eigenvalue weighted by atomic mass is 9.48. The fraction of sp³-hybridized carbons (Fsp3) is 0.833. The van der Waals surface area contributed by atoms with Gasteiger partial charge in [-0.25, -0.2) is 10.0 Å². The quantitative estimate of drug-likeness (QED) is 0.717. The van der Waals surface area contributed by atoms with Gasteiger partial charge in [0.1, 0.15) is 10.5 Å². The Bertz CT molecular complexity index is 666. The van der Waals surface area contributed by atoms with Gasteiger partial charge in [-0.1, -0.05) is 41.5 Å². The van der Waals surface area contributed by atoms with Crippen molar-refractivity contribution in [2.24, 2.45) is 32.3 Å². The first kappa shape index (κ1) is 18.8. The number of halogens is 1. The number of hydrazone groups is 1. The Morgan fingerprint density at radius 1 is 1.12 bits per heavy atom. The monoisotopic (exact) mass is 412 g/mol. The molecule has 6 nitrogen and oxygen atoms in total. The molecule has 0 unspecified atom stereocenters. The van der Waals surface area contributed by atoms with Crippen LogP contribution in [0.25, 0.3) is 0 Å². The van der Waals surface area contributed by atoms with Crippen molar-refractivity contribution in [1.82, 2.24) is 10.3 Å². The normalized spacial score (nSPS) is 37.3. The zero-order chi connectivity index (χ0) is 19.0. The standard InChI is InChI=1S/C18H29BrN4O2/c1-15(2)14(25-18(7,8)17(5,6)16(15,3)4)23-12-10(11(19)22-23)13(24)21-9-20-12/h9-10,12,14H,1-8H3,(H,20,21,24)/t10-,12-,14+/m1/s1. The molecule has 0 spiro atoms. The lowest BCUT2D eigenvalue weighted by Crippen LogP contribution is -2.69. The van der Waals surface area contributed by atoms with Crippen LogP contribution in [0.1, 0.15) is 55.4 Å². The number of ether oxygens (including phenoxy) is 1. The smallest absolute Gasteiger partial charge is 0.239 e. The fourth-order valence-electron chi connectivity index (χ4n) is 4.19. The molecule has 3 aliphatic heterocycles. The molecule has 3 heterocycles. The summed E-state index contributed by atoms with van der Waals surface area (Å²) in [6.07, 6.45) is 0.796. The van der Waals surface area contributed by atoms with Crippen LogP contribution in [0.4, 0.5) is 0 Å². The van der Waals surface area contributed by atoms with Gasteiger partial charge < -0.3 is 10.1 Å². The average Bonchev–Trinajstić information content (AvgIpc) is 2.81. The Labute approximate surface area is 158 Å². The van der Waals surface area contributed by atoms with Crippen molar-refractivity contribution < 1.29 is 9.53 Å². The minimum Gasteiger partial charge on any atom is -0.350 e. The van der Waals surface area contributed by atoms with E-state index in [1.54, 1.807) is 0 Å². The highest BCUT2D eigenvalue weighted by molar-refractivity contribution is 9.18. The van der Waals surface area contributed by atoms with Gasteiger partial charge >= 0.3 is 0 Å². The molecule has 1 N–H and O–H groups in total. The van der Waals surface area contributed by atoms with Crippen LogP contribution in [-0.4, -0.2) is 39.9 Å². The SMILES string of the molecule is CC1(C)O[C@H](N2N=C(Br)[C@H]3C(=O)NC=N[C@@H]32)C(C)(C)C(C)(C)C1(C)C. The highest BCUT2D eigenvalue weighted by atomic mass is 79.9. The Kier molecular flexibility index (Phi) is 3.98. The minimum atomic E-state index is -0.425. The third-order valence-electron chi connectivity index (χ3n) is 7.70. The van der Waals surface area contributed by atoms with E-state index in [1.165, 1.54) is 6.34 Å². The van der Waals surface area contributed by atoms with E-state index in [9.17, 15) is 4.79 Å². The number of fused-ring (bicyclic) bond motifs is 1. The van der Waals surface area contributed by atoms with E-state index >= 15 is 0 Å². The highest BCUT2D eigenvalue weighted by Gasteiger charge is 2.65. The molecule has 0 saturated carbocycles. The summed E-state index contributed by atoms with van der Waals surface area (Å²) >= 11 is 3.46. The number of nitrogens with one attached hydrogen (secondary N) is 1. The van der Waals surface area contributed by atoms with E-state index in [-0.39, 0.29) is 40.1 Å². The maximum Gasteiger partial charge on any atom is 0.239 e. The molecule has 0 aromatic heterocycles. The topological polar surface area (TPSA) is 66.3 Å². The Hall–Kier alpha value is -0.950. The summed E-state index contributed by atoms with van der Waals surface area (Å²) < 4.78 is 7.25. The molecule has 25 heavy (non-hydrogen) atoms. The summed E-state index contributed by atoms with van der Waals surface area (Å²) in [5, 5.41) is 9.19. The van der Waals surface area contributed by atoms with Crippen molar-refractivity contribution in [3.05, 3.63) is 0 Å². The van der Waals surface area contributed by atoms with Crippen molar-refractivity contribution in [3.63, 3.8) is 0 Å². The lowest BCUT2D eigenvalue weighted by molar-refractivity contribution is -0.327. The predicted octanol–water partition coefficient (Wildman–Crippen LogP) is 3.32. The summed E-state index contributed by atoms with van der Waals surface area (Å²) in [7, 11) is 0. The van der Waals surface area contributed by atoms with Gasteiger partial charge in [0.05, 0.1) is 11.9 Å². The van der Waals surface area contributed by atoms with E-state index in [0.29, 0.717) is 4.62 Å². The zero-order valence-electron chi connectivity index (χ0n) is 16.3. The van der Waals surface area contributed by atoms with Crippen LogP contribution in [0.15, 0.2) is 10.1 Å². The zero-order valence-corrected chi connectivity index (χ0v) is 17.9. The van der Waals surface area contributed by atoms with Gasteiger partial charge in [0.2, 0.25) is 5.91 Å². The van der Waals surface area contributed by atoms with E-state index < -0.39 is 5.92 Å². The maximum absolute atomic E-state index is 12.3. The van der Waals surface area contributed by atoms with E-state index in [1.807, 2.05) is 5.01 Å². The lowest BCUT2D eigenvalue weighted by Gasteiger charge is -2.66. The van der Waals surface area contributed by atoms with Gasteiger partial charge in [-0.05, 0) is 40.6 Å². The molecule has 1 amide bonds. The Balaban J connectivity index is 2.07. The number of hydrogen-bond acceptors (Lipinski definition) is 5. The summed E-state index contributed by atoms with van der Waals surface area (Å²) in [4.78, 5) is 16.7. The van der Waals surface area contributed by atoms with Gasteiger partial charge in [-0.3, -0.25) is 4.79 Å². The minimum absolute atomic E-state index is 0.0485. The number of amides is 1. The second kappa shape index (κ2) is 5.28. The largest absolute Gasteiger partial charge is 0.350 e. The van der Waals surface area contributed by atoms with Crippen LogP contribution in [-0.2, 0) is 9.53 Å². The van der Waals surface area contributed by atoms with Crippen molar-refractivity contribution in [1.29, 1.82) is 0 Å².